The summed E-state index contributed by atoms with van der Waals surface area (Å²) in [6.45, 7) is 4.54. The lowest BCUT2D eigenvalue weighted by molar-refractivity contribution is -0.159. The zero-order valence-corrected chi connectivity index (χ0v) is 10.9. The number of amides is 2. The molecule has 18 heavy (non-hydrogen) atoms. The SMILES string of the molecule is COCC(C)NC(=O)N1CC(C)(OCC(=O)O)C1. The minimum Gasteiger partial charge on any atom is -0.480 e. The van der Waals surface area contributed by atoms with Crippen LogP contribution in [0.15, 0.2) is 0 Å². The molecule has 0 saturated carbocycles. The molecule has 1 heterocycles. The number of nitrogens with one attached hydrogen (secondary N) is 1. The average Bonchev–Trinajstić information content (AvgIpc) is 2.22. The van der Waals surface area contributed by atoms with Gasteiger partial charge in [-0.05, 0) is 13.8 Å². The van der Waals surface area contributed by atoms with E-state index in [0.717, 1.165) is 0 Å². The number of rotatable bonds is 6. The minimum absolute atomic E-state index is 0.0608. The van der Waals surface area contributed by atoms with Crippen molar-refractivity contribution in [3.05, 3.63) is 0 Å². The van der Waals surface area contributed by atoms with E-state index >= 15 is 0 Å². The highest BCUT2D eigenvalue weighted by Crippen LogP contribution is 2.24. The highest BCUT2D eigenvalue weighted by molar-refractivity contribution is 5.75. The van der Waals surface area contributed by atoms with Gasteiger partial charge in [-0.2, -0.15) is 0 Å². The number of ether oxygens (including phenoxy) is 2. The third-order valence-electron chi connectivity index (χ3n) is 2.67. The van der Waals surface area contributed by atoms with Gasteiger partial charge in [0, 0.05) is 7.11 Å². The van der Waals surface area contributed by atoms with Crippen LogP contribution >= 0.6 is 0 Å². The van der Waals surface area contributed by atoms with Crippen molar-refractivity contribution >= 4 is 12.0 Å². The highest BCUT2D eigenvalue weighted by atomic mass is 16.5. The molecule has 1 aliphatic heterocycles. The molecule has 7 heteroatoms. The number of urea groups is 1. The zero-order chi connectivity index (χ0) is 13.8. The van der Waals surface area contributed by atoms with Crippen molar-refractivity contribution in [1.29, 1.82) is 0 Å². The van der Waals surface area contributed by atoms with Crippen molar-refractivity contribution in [3.8, 4) is 0 Å². The maximum atomic E-state index is 11.7. The molecule has 0 spiro atoms. The largest absolute Gasteiger partial charge is 0.480 e. The van der Waals surface area contributed by atoms with E-state index in [9.17, 15) is 9.59 Å². The summed E-state index contributed by atoms with van der Waals surface area (Å²) in [7, 11) is 1.57. The van der Waals surface area contributed by atoms with Crippen LogP contribution in [0.1, 0.15) is 13.8 Å². The van der Waals surface area contributed by atoms with Crippen molar-refractivity contribution in [2.75, 3.05) is 33.4 Å². The van der Waals surface area contributed by atoms with Crippen molar-refractivity contribution < 1.29 is 24.2 Å². The van der Waals surface area contributed by atoms with E-state index in [1.54, 1.807) is 18.9 Å². The lowest BCUT2D eigenvalue weighted by atomic mass is 9.97. The normalized spacial score (nSPS) is 18.9. The molecule has 0 bridgehead atoms. The van der Waals surface area contributed by atoms with E-state index in [1.807, 2.05) is 6.92 Å². The fourth-order valence-electron chi connectivity index (χ4n) is 1.83. The summed E-state index contributed by atoms with van der Waals surface area (Å²) in [5.74, 6) is -1.01. The molecule has 0 radical (unpaired) electrons. The van der Waals surface area contributed by atoms with Gasteiger partial charge in [0.1, 0.15) is 12.2 Å². The number of carboxylic acid groups (broad SMARTS) is 1. The maximum Gasteiger partial charge on any atom is 0.329 e. The lowest BCUT2D eigenvalue weighted by Crippen LogP contribution is -2.66. The van der Waals surface area contributed by atoms with Crippen LogP contribution in [0.25, 0.3) is 0 Å². The Bertz CT molecular complexity index is 315. The van der Waals surface area contributed by atoms with Crippen LogP contribution < -0.4 is 5.32 Å². The molecule has 0 aromatic rings. The molecule has 0 aromatic heterocycles. The molecule has 2 amide bonds. The Balaban J connectivity index is 2.28. The molecule has 1 aliphatic rings. The fourth-order valence-corrected chi connectivity index (χ4v) is 1.83. The van der Waals surface area contributed by atoms with Gasteiger partial charge in [-0.3, -0.25) is 0 Å². The van der Waals surface area contributed by atoms with Crippen LogP contribution in [-0.2, 0) is 14.3 Å². The van der Waals surface area contributed by atoms with E-state index < -0.39 is 11.6 Å². The predicted octanol–water partition coefficient (Wildman–Crippen LogP) is -0.0936. The lowest BCUT2D eigenvalue weighted by Gasteiger charge is -2.47. The Labute approximate surface area is 106 Å². The molecule has 1 rings (SSSR count). The molecule has 2 N–H and O–H groups in total. The van der Waals surface area contributed by atoms with Gasteiger partial charge in [-0.25, -0.2) is 9.59 Å². The van der Waals surface area contributed by atoms with Gasteiger partial charge in [0.2, 0.25) is 0 Å². The summed E-state index contributed by atoms with van der Waals surface area (Å²) in [4.78, 5) is 23.7. The van der Waals surface area contributed by atoms with Gasteiger partial charge in [0.05, 0.1) is 25.7 Å². The maximum absolute atomic E-state index is 11.7. The first-order valence-corrected chi connectivity index (χ1v) is 5.76. The van der Waals surface area contributed by atoms with E-state index in [-0.39, 0.29) is 18.7 Å². The topological polar surface area (TPSA) is 88.1 Å². The van der Waals surface area contributed by atoms with Crippen LogP contribution in [0, 0.1) is 0 Å². The quantitative estimate of drug-likeness (QED) is 0.696. The number of carbonyl (C=O) groups is 2. The van der Waals surface area contributed by atoms with E-state index in [4.69, 9.17) is 14.6 Å². The molecular formula is C11H20N2O5. The molecule has 7 nitrogen and oxygen atoms in total. The second-order valence-corrected chi connectivity index (χ2v) is 4.79. The molecular weight excluding hydrogens is 240 g/mol. The Morgan fingerprint density at radius 2 is 2.11 bits per heavy atom. The van der Waals surface area contributed by atoms with Crippen molar-refractivity contribution in [2.45, 2.75) is 25.5 Å². The summed E-state index contributed by atoms with van der Waals surface area (Å²) in [5, 5.41) is 11.3. The van der Waals surface area contributed by atoms with Gasteiger partial charge in [0.15, 0.2) is 0 Å². The summed E-state index contributed by atoms with van der Waals surface area (Å²) in [5.41, 5.74) is -0.555. The van der Waals surface area contributed by atoms with Crippen LogP contribution in [-0.4, -0.2) is 67.1 Å². The number of methoxy groups -OCH3 is 1. The van der Waals surface area contributed by atoms with Crippen LogP contribution in [0.2, 0.25) is 0 Å². The van der Waals surface area contributed by atoms with Gasteiger partial charge in [-0.1, -0.05) is 0 Å². The van der Waals surface area contributed by atoms with Crippen molar-refractivity contribution in [1.82, 2.24) is 10.2 Å². The number of carbonyl (C=O) groups excluding carboxylic acids is 1. The fraction of sp³-hybridized carbons (Fsp3) is 0.818. The third kappa shape index (κ3) is 4.15. The highest BCUT2D eigenvalue weighted by Gasteiger charge is 2.42. The van der Waals surface area contributed by atoms with Gasteiger partial charge < -0.3 is 24.8 Å². The van der Waals surface area contributed by atoms with E-state index in [2.05, 4.69) is 5.32 Å². The summed E-state index contributed by atoms with van der Waals surface area (Å²) >= 11 is 0. The Kier molecular flexibility index (Phi) is 4.92. The minimum atomic E-state index is -1.01. The second-order valence-electron chi connectivity index (χ2n) is 4.79. The Hall–Kier alpha value is -1.34. The zero-order valence-electron chi connectivity index (χ0n) is 10.9. The average molecular weight is 260 g/mol. The third-order valence-corrected chi connectivity index (χ3v) is 2.67. The summed E-state index contributed by atoms with van der Waals surface area (Å²) in [6.07, 6.45) is 0. The van der Waals surface area contributed by atoms with E-state index in [1.165, 1.54) is 0 Å². The molecule has 1 fully saturated rings. The first-order chi connectivity index (χ1) is 8.36. The Morgan fingerprint density at radius 3 is 2.61 bits per heavy atom. The van der Waals surface area contributed by atoms with Crippen molar-refractivity contribution in [2.24, 2.45) is 0 Å². The predicted molar refractivity (Wildman–Crippen MR) is 63.4 cm³/mol. The van der Waals surface area contributed by atoms with Crippen LogP contribution in [0.4, 0.5) is 4.79 Å². The molecule has 1 saturated heterocycles. The first-order valence-electron chi connectivity index (χ1n) is 5.76. The standard InChI is InChI=1S/C11H20N2O5/c1-8(4-17-3)12-10(16)13-6-11(2,7-13)18-5-9(14)15/h8H,4-7H2,1-3H3,(H,12,16)(H,14,15). The molecule has 104 valence electrons. The van der Waals surface area contributed by atoms with Crippen LogP contribution in [0.5, 0.6) is 0 Å². The molecule has 1 unspecified atom stereocenters. The number of carboxylic acids is 1. The molecule has 0 aromatic carbocycles. The smallest absolute Gasteiger partial charge is 0.329 e. The van der Waals surface area contributed by atoms with Gasteiger partial charge in [-0.15, -0.1) is 0 Å². The van der Waals surface area contributed by atoms with Gasteiger partial charge in [0.25, 0.3) is 0 Å². The number of likely N-dealkylation sites (tertiary alicyclic amines) is 1. The number of hydrogen-bond donors (Lipinski definition) is 2. The summed E-state index contributed by atoms with van der Waals surface area (Å²) in [6, 6.07) is -0.245. The monoisotopic (exact) mass is 260 g/mol. The first kappa shape index (κ1) is 14.7. The summed E-state index contributed by atoms with van der Waals surface area (Å²) < 4.78 is 10.1. The van der Waals surface area contributed by atoms with E-state index in [0.29, 0.717) is 19.7 Å². The molecule has 0 aliphatic carbocycles. The Morgan fingerprint density at radius 1 is 1.50 bits per heavy atom. The van der Waals surface area contributed by atoms with Gasteiger partial charge >= 0.3 is 12.0 Å². The van der Waals surface area contributed by atoms with Crippen LogP contribution in [0.3, 0.4) is 0 Å². The molecule has 1 atom stereocenters. The second kappa shape index (κ2) is 6.01. The number of hydrogen-bond acceptors (Lipinski definition) is 4. The number of nitrogens with zero attached hydrogens (tertiary/aromatic N) is 1. The van der Waals surface area contributed by atoms with Crippen molar-refractivity contribution in [3.63, 3.8) is 0 Å². The number of aliphatic carboxylic acids is 1.